The second-order valence-corrected chi connectivity index (χ2v) is 13.7. The van der Waals surface area contributed by atoms with E-state index in [2.05, 4.69) is 217 Å². The van der Waals surface area contributed by atoms with E-state index >= 15 is 0 Å². The van der Waals surface area contributed by atoms with Crippen LogP contribution in [0.25, 0.3) is 76.5 Å². The van der Waals surface area contributed by atoms with E-state index in [1.807, 2.05) is 0 Å². The van der Waals surface area contributed by atoms with Crippen molar-refractivity contribution >= 4 is 60.2 Å². The highest BCUT2D eigenvalue weighted by molar-refractivity contribution is 6.23. The van der Waals surface area contributed by atoms with Crippen LogP contribution >= 0.6 is 0 Å². The number of hydrogen-bond acceptors (Lipinski definition) is 1. The van der Waals surface area contributed by atoms with Crippen LogP contribution in [0.2, 0.25) is 0 Å². The van der Waals surface area contributed by atoms with Crippen molar-refractivity contribution in [2.75, 3.05) is 4.90 Å². The Bertz CT molecular complexity index is 2910. The molecule has 0 N–H and O–H groups in total. The van der Waals surface area contributed by atoms with Crippen LogP contribution in [0.15, 0.2) is 212 Å². The monoisotopic (exact) mass is 673 g/mol. The van der Waals surface area contributed by atoms with Gasteiger partial charge in [0, 0.05) is 16.8 Å². The predicted octanol–water partition coefficient (Wildman–Crippen LogP) is 14.8. The first-order valence-electron chi connectivity index (χ1n) is 18.3. The Kier molecular flexibility index (Phi) is 7.55. The standard InChI is InChI=1S/C52H35N/c1-3-13-36(14-4-1)37-25-29-42(30-26-37)53(51-34-33-44(38-15-5-2-6-16-38)46-19-9-11-21-48(46)51)43-31-27-40(28-32-43)50-35-41-24-23-39-17-7-8-18-45(39)52(41)49-22-12-10-20-47(49)50/h1-35H. The maximum absolute atomic E-state index is 2.40. The van der Waals surface area contributed by atoms with Crippen molar-refractivity contribution in [2.24, 2.45) is 0 Å². The molecule has 0 saturated carbocycles. The highest BCUT2D eigenvalue weighted by Gasteiger charge is 2.18. The molecule has 0 aromatic heterocycles. The maximum Gasteiger partial charge on any atom is 0.0540 e. The van der Waals surface area contributed by atoms with Gasteiger partial charge in [0.1, 0.15) is 0 Å². The molecule has 0 atom stereocenters. The van der Waals surface area contributed by atoms with E-state index in [-0.39, 0.29) is 0 Å². The summed E-state index contributed by atoms with van der Waals surface area (Å²) < 4.78 is 0. The molecule has 0 bridgehead atoms. The van der Waals surface area contributed by atoms with E-state index in [0.717, 1.165) is 17.1 Å². The summed E-state index contributed by atoms with van der Waals surface area (Å²) >= 11 is 0. The molecule has 0 fully saturated rings. The summed E-state index contributed by atoms with van der Waals surface area (Å²) in [5, 5.41) is 10.1. The minimum atomic E-state index is 1.11. The van der Waals surface area contributed by atoms with Gasteiger partial charge in [-0.1, -0.05) is 176 Å². The van der Waals surface area contributed by atoms with Crippen molar-refractivity contribution in [3.05, 3.63) is 212 Å². The Morgan fingerprint density at radius 1 is 0.264 bits per heavy atom. The first kappa shape index (κ1) is 30.8. The smallest absolute Gasteiger partial charge is 0.0540 e. The molecule has 0 aliphatic carbocycles. The van der Waals surface area contributed by atoms with Crippen molar-refractivity contribution < 1.29 is 0 Å². The van der Waals surface area contributed by atoms with Crippen molar-refractivity contribution in [3.63, 3.8) is 0 Å². The third-order valence-corrected chi connectivity index (χ3v) is 10.6. The molecule has 10 aromatic carbocycles. The topological polar surface area (TPSA) is 3.24 Å². The second-order valence-electron chi connectivity index (χ2n) is 13.7. The zero-order valence-corrected chi connectivity index (χ0v) is 29.2. The predicted molar refractivity (Wildman–Crippen MR) is 227 cm³/mol. The molecule has 0 amide bonds. The van der Waals surface area contributed by atoms with Gasteiger partial charge in [-0.05, 0) is 107 Å². The van der Waals surface area contributed by atoms with Crippen LogP contribution in [-0.4, -0.2) is 0 Å². The zero-order valence-electron chi connectivity index (χ0n) is 29.2. The number of rotatable bonds is 6. The van der Waals surface area contributed by atoms with Crippen LogP contribution in [0.5, 0.6) is 0 Å². The fourth-order valence-corrected chi connectivity index (χ4v) is 8.12. The van der Waals surface area contributed by atoms with Gasteiger partial charge in [0.05, 0.1) is 5.69 Å². The van der Waals surface area contributed by atoms with E-state index in [4.69, 9.17) is 0 Å². The lowest BCUT2D eigenvalue weighted by Crippen LogP contribution is -2.10. The number of nitrogens with zero attached hydrogens (tertiary/aromatic N) is 1. The van der Waals surface area contributed by atoms with Gasteiger partial charge in [0.25, 0.3) is 0 Å². The molecule has 10 aromatic rings. The molecule has 1 heteroatoms. The fraction of sp³-hybridized carbons (Fsp3) is 0. The Balaban J connectivity index is 1.13. The zero-order chi connectivity index (χ0) is 35.1. The third kappa shape index (κ3) is 5.42. The fourth-order valence-electron chi connectivity index (χ4n) is 8.12. The number of benzene rings is 10. The Morgan fingerprint density at radius 3 is 1.42 bits per heavy atom. The van der Waals surface area contributed by atoms with Gasteiger partial charge in [-0.2, -0.15) is 0 Å². The number of hydrogen-bond donors (Lipinski definition) is 0. The van der Waals surface area contributed by atoms with Crippen molar-refractivity contribution in [1.82, 2.24) is 0 Å². The van der Waals surface area contributed by atoms with E-state index in [9.17, 15) is 0 Å². The summed E-state index contributed by atoms with van der Waals surface area (Å²) in [4.78, 5) is 2.40. The lowest BCUT2D eigenvalue weighted by atomic mass is 9.90. The van der Waals surface area contributed by atoms with Gasteiger partial charge < -0.3 is 4.90 Å². The van der Waals surface area contributed by atoms with Crippen molar-refractivity contribution in [1.29, 1.82) is 0 Å². The molecule has 0 spiro atoms. The second kappa shape index (κ2) is 13.0. The van der Waals surface area contributed by atoms with Crippen LogP contribution < -0.4 is 4.90 Å². The molecule has 0 aliphatic heterocycles. The lowest BCUT2D eigenvalue weighted by molar-refractivity contribution is 1.30. The van der Waals surface area contributed by atoms with E-state index in [1.165, 1.54) is 76.5 Å². The third-order valence-electron chi connectivity index (χ3n) is 10.6. The minimum Gasteiger partial charge on any atom is -0.310 e. The molecule has 0 unspecified atom stereocenters. The average molecular weight is 674 g/mol. The van der Waals surface area contributed by atoms with Crippen LogP contribution in [0.1, 0.15) is 0 Å². The van der Waals surface area contributed by atoms with Gasteiger partial charge in [-0.15, -0.1) is 0 Å². The molecule has 10 rings (SSSR count). The maximum atomic E-state index is 2.40. The molecule has 0 aliphatic rings. The first-order chi connectivity index (χ1) is 26.3. The normalized spacial score (nSPS) is 11.4. The summed E-state index contributed by atoms with van der Waals surface area (Å²) in [6.07, 6.45) is 0. The largest absolute Gasteiger partial charge is 0.310 e. The van der Waals surface area contributed by atoms with Gasteiger partial charge in [-0.3, -0.25) is 0 Å². The van der Waals surface area contributed by atoms with E-state index < -0.39 is 0 Å². The highest BCUT2D eigenvalue weighted by Crippen LogP contribution is 2.44. The number of anilines is 3. The molecule has 248 valence electrons. The van der Waals surface area contributed by atoms with Crippen LogP contribution in [0.3, 0.4) is 0 Å². The number of fused-ring (bicyclic) bond motifs is 6. The summed E-state index contributed by atoms with van der Waals surface area (Å²) in [5.74, 6) is 0. The van der Waals surface area contributed by atoms with Gasteiger partial charge >= 0.3 is 0 Å². The van der Waals surface area contributed by atoms with Crippen LogP contribution in [0.4, 0.5) is 17.1 Å². The quantitative estimate of drug-likeness (QED) is 0.159. The van der Waals surface area contributed by atoms with Gasteiger partial charge in [0.15, 0.2) is 0 Å². The Labute approximate surface area is 309 Å². The summed E-state index contributed by atoms with van der Waals surface area (Å²) in [5.41, 5.74) is 10.7. The first-order valence-corrected chi connectivity index (χ1v) is 18.3. The van der Waals surface area contributed by atoms with Gasteiger partial charge in [-0.25, -0.2) is 0 Å². The highest BCUT2D eigenvalue weighted by atomic mass is 15.1. The summed E-state index contributed by atoms with van der Waals surface area (Å²) in [7, 11) is 0. The summed E-state index contributed by atoms with van der Waals surface area (Å²) in [6, 6.07) is 77.2. The Hall–Kier alpha value is -6.96. The van der Waals surface area contributed by atoms with E-state index in [1.54, 1.807) is 0 Å². The minimum absolute atomic E-state index is 1.11. The van der Waals surface area contributed by atoms with Crippen molar-refractivity contribution in [3.8, 4) is 33.4 Å². The molecule has 1 nitrogen and oxygen atoms in total. The molecule has 0 saturated heterocycles. The average Bonchev–Trinajstić information content (AvgIpc) is 3.24. The molecule has 0 radical (unpaired) electrons. The lowest BCUT2D eigenvalue weighted by Gasteiger charge is -2.28. The van der Waals surface area contributed by atoms with Crippen LogP contribution in [0, 0.1) is 0 Å². The molecular weight excluding hydrogens is 639 g/mol. The molecule has 53 heavy (non-hydrogen) atoms. The van der Waals surface area contributed by atoms with Crippen LogP contribution in [-0.2, 0) is 0 Å². The molecular formula is C52H35N. The van der Waals surface area contributed by atoms with Gasteiger partial charge in [0.2, 0.25) is 0 Å². The molecule has 0 heterocycles. The summed E-state index contributed by atoms with van der Waals surface area (Å²) in [6.45, 7) is 0. The van der Waals surface area contributed by atoms with Crippen molar-refractivity contribution in [2.45, 2.75) is 0 Å². The Morgan fingerprint density at radius 2 is 0.736 bits per heavy atom. The van der Waals surface area contributed by atoms with E-state index in [0.29, 0.717) is 0 Å². The SMILES string of the molecule is c1ccc(-c2ccc(N(c3ccc(-c4cc5ccc6ccccc6c5c5ccccc45)cc3)c3ccc(-c4ccccc4)c4ccccc34)cc2)cc1.